The fraction of sp³-hybridized carbons (Fsp3) is 1.00. The van der Waals surface area contributed by atoms with Crippen molar-refractivity contribution in [1.29, 1.82) is 0 Å². The highest BCUT2D eigenvalue weighted by Gasteiger charge is 2.17. The summed E-state index contributed by atoms with van der Waals surface area (Å²) in [6.45, 7) is 7.67. The average Bonchev–Trinajstić information content (AvgIpc) is 2.75. The van der Waals surface area contributed by atoms with Crippen LogP contribution in [0.4, 0.5) is 0 Å². The Morgan fingerprint density at radius 2 is 2.06 bits per heavy atom. The molecule has 17 heavy (non-hydrogen) atoms. The normalized spacial score (nSPS) is 31.6. The molecule has 1 N–H and O–H groups in total. The molecular formula is C15H30N2. The van der Waals surface area contributed by atoms with Crippen molar-refractivity contribution in [2.45, 2.75) is 64.3 Å². The van der Waals surface area contributed by atoms with Crippen LogP contribution in [0.1, 0.15) is 58.3 Å². The third-order valence-electron chi connectivity index (χ3n) is 4.71. The van der Waals surface area contributed by atoms with Crippen molar-refractivity contribution < 1.29 is 0 Å². The topological polar surface area (TPSA) is 15.3 Å². The van der Waals surface area contributed by atoms with E-state index in [1.807, 2.05) is 0 Å². The molecule has 0 aromatic rings. The minimum Gasteiger partial charge on any atom is -0.314 e. The van der Waals surface area contributed by atoms with Crippen LogP contribution < -0.4 is 5.32 Å². The molecule has 2 nitrogen and oxygen atoms in total. The molecule has 2 atom stereocenters. The Labute approximate surface area is 107 Å². The Morgan fingerprint density at radius 3 is 2.82 bits per heavy atom. The van der Waals surface area contributed by atoms with E-state index < -0.39 is 0 Å². The first-order valence-corrected chi connectivity index (χ1v) is 7.84. The number of likely N-dealkylation sites (tertiary alicyclic amines) is 1. The Bertz CT molecular complexity index is 199. The molecule has 2 heteroatoms. The molecule has 100 valence electrons. The van der Waals surface area contributed by atoms with E-state index >= 15 is 0 Å². The lowest BCUT2D eigenvalue weighted by atomic mass is 9.98. The van der Waals surface area contributed by atoms with Gasteiger partial charge >= 0.3 is 0 Å². The van der Waals surface area contributed by atoms with Crippen molar-refractivity contribution in [1.82, 2.24) is 10.2 Å². The maximum atomic E-state index is 3.60. The van der Waals surface area contributed by atoms with Gasteiger partial charge in [-0.3, -0.25) is 0 Å². The number of hydrogen-bond acceptors (Lipinski definition) is 2. The standard InChI is InChI=1S/C15H30N2/c1-2-14-6-4-11-17(13-9-14)12-5-8-15-7-3-10-16-15/h14-16H,2-13H2,1H3. The average molecular weight is 238 g/mol. The highest BCUT2D eigenvalue weighted by atomic mass is 15.1. The monoisotopic (exact) mass is 238 g/mol. The lowest BCUT2D eigenvalue weighted by molar-refractivity contribution is 0.270. The van der Waals surface area contributed by atoms with Crippen LogP contribution in [0.2, 0.25) is 0 Å². The summed E-state index contributed by atoms with van der Waals surface area (Å²) in [5, 5.41) is 3.60. The highest BCUT2D eigenvalue weighted by molar-refractivity contribution is 4.75. The molecule has 2 heterocycles. The molecule has 2 rings (SSSR count). The molecule has 2 aliphatic rings. The van der Waals surface area contributed by atoms with E-state index in [4.69, 9.17) is 0 Å². The Balaban J connectivity index is 1.58. The summed E-state index contributed by atoms with van der Waals surface area (Å²) in [6, 6.07) is 0.838. The predicted octanol–water partition coefficient (Wildman–Crippen LogP) is 3.03. The van der Waals surface area contributed by atoms with Gasteiger partial charge in [-0.1, -0.05) is 13.3 Å². The maximum absolute atomic E-state index is 3.60. The summed E-state index contributed by atoms with van der Waals surface area (Å²) in [4.78, 5) is 2.71. The van der Waals surface area contributed by atoms with E-state index in [2.05, 4.69) is 17.1 Å². The van der Waals surface area contributed by atoms with Gasteiger partial charge in [-0.05, 0) is 77.0 Å². The summed E-state index contributed by atoms with van der Waals surface area (Å²) in [5.74, 6) is 1.01. The molecule has 0 amide bonds. The van der Waals surface area contributed by atoms with E-state index in [0.717, 1.165) is 12.0 Å². The second-order valence-electron chi connectivity index (χ2n) is 5.98. The van der Waals surface area contributed by atoms with Crippen LogP contribution in [0.5, 0.6) is 0 Å². The van der Waals surface area contributed by atoms with Crippen molar-refractivity contribution in [2.75, 3.05) is 26.2 Å². The summed E-state index contributed by atoms with van der Waals surface area (Å²) >= 11 is 0. The van der Waals surface area contributed by atoms with Crippen LogP contribution in [-0.4, -0.2) is 37.1 Å². The quantitative estimate of drug-likeness (QED) is 0.792. The van der Waals surface area contributed by atoms with Gasteiger partial charge < -0.3 is 10.2 Å². The van der Waals surface area contributed by atoms with E-state index in [1.165, 1.54) is 77.5 Å². The molecule has 2 saturated heterocycles. The van der Waals surface area contributed by atoms with Crippen molar-refractivity contribution in [3.63, 3.8) is 0 Å². The van der Waals surface area contributed by atoms with Crippen LogP contribution in [-0.2, 0) is 0 Å². The molecular weight excluding hydrogens is 208 g/mol. The zero-order valence-corrected chi connectivity index (χ0v) is 11.6. The van der Waals surface area contributed by atoms with Crippen LogP contribution >= 0.6 is 0 Å². The fourth-order valence-electron chi connectivity index (χ4n) is 3.42. The predicted molar refractivity (Wildman–Crippen MR) is 74.3 cm³/mol. The largest absolute Gasteiger partial charge is 0.314 e. The number of nitrogens with zero attached hydrogens (tertiary/aromatic N) is 1. The van der Waals surface area contributed by atoms with E-state index in [9.17, 15) is 0 Å². The number of nitrogens with one attached hydrogen (secondary N) is 1. The molecule has 0 bridgehead atoms. The third kappa shape index (κ3) is 4.59. The van der Waals surface area contributed by atoms with Gasteiger partial charge in [0.15, 0.2) is 0 Å². The van der Waals surface area contributed by atoms with Gasteiger partial charge in [0.2, 0.25) is 0 Å². The van der Waals surface area contributed by atoms with Gasteiger partial charge in [0.05, 0.1) is 0 Å². The van der Waals surface area contributed by atoms with Crippen molar-refractivity contribution in [2.24, 2.45) is 5.92 Å². The van der Waals surface area contributed by atoms with E-state index in [1.54, 1.807) is 0 Å². The Hall–Kier alpha value is -0.0800. The van der Waals surface area contributed by atoms with Crippen molar-refractivity contribution in [3.8, 4) is 0 Å². The molecule has 0 saturated carbocycles. The molecule has 2 fully saturated rings. The lowest BCUT2D eigenvalue weighted by Gasteiger charge is -2.21. The molecule has 0 aliphatic carbocycles. The molecule has 0 aromatic heterocycles. The maximum Gasteiger partial charge on any atom is 0.00680 e. The molecule has 0 radical (unpaired) electrons. The van der Waals surface area contributed by atoms with E-state index in [0.29, 0.717) is 0 Å². The van der Waals surface area contributed by atoms with Gasteiger partial charge in [0.1, 0.15) is 0 Å². The number of hydrogen-bond donors (Lipinski definition) is 1. The van der Waals surface area contributed by atoms with Crippen LogP contribution in [0.3, 0.4) is 0 Å². The zero-order valence-electron chi connectivity index (χ0n) is 11.6. The second-order valence-corrected chi connectivity index (χ2v) is 5.98. The van der Waals surface area contributed by atoms with Gasteiger partial charge in [-0.15, -0.1) is 0 Å². The highest BCUT2D eigenvalue weighted by Crippen LogP contribution is 2.20. The molecule has 2 unspecified atom stereocenters. The van der Waals surface area contributed by atoms with Crippen molar-refractivity contribution in [3.05, 3.63) is 0 Å². The SMILES string of the molecule is CCC1CCCN(CCCC2CCCN2)CC1. The Morgan fingerprint density at radius 1 is 1.12 bits per heavy atom. The first kappa shape index (κ1) is 13.4. The summed E-state index contributed by atoms with van der Waals surface area (Å²) in [6.07, 6.45) is 11.3. The zero-order chi connectivity index (χ0) is 11.9. The molecule has 0 spiro atoms. The summed E-state index contributed by atoms with van der Waals surface area (Å²) in [5.41, 5.74) is 0. The minimum absolute atomic E-state index is 0.838. The van der Waals surface area contributed by atoms with Gasteiger partial charge in [0, 0.05) is 6.04 Å². The third-order valence-corrected chi connectivity index (χ3v) is 4.71. The van der Waals surface area contributed by atoms with Crippen molar-refractivity contribution >= 4 is 0 Å². The van der Waals surface area contributed by atoms with Gasteiger partial charge in [-0.2, -0.15) is 0 Å². The Kier molecular flexibility index (Phi) is 5.79. The van der Waals surface area contributed by atoms with Gasteiger partial charge in [-0.25, -0.2) is 0 Å². The first-order valence-electron chi connectivity index (χ1n) is 7.84. The van der Waals surface area contributed by atoms with Crippen LogP contribution in [0.25, 0.3) is 0 Å². The van der Waals surface area contributed by atoms with Crippen LogP contribution in [0.15, 0.2) is 0 Å². The first-order chi connectivity index (χ1) is 8.38. The number of rotatable bonds is 5. The van der Waals surface area contributed by atoms with Crippen LogP contribution in [0, 0.1) is 5.92 Å². The minimum atomic E-state index is 0.838. The summed E-state index contributed by atoms with van der Waals surface area (Å²) in [7, 11) is 0. The fourth-order valence-corrected chi connectivity index (χ4v) is 3.42. The second kappa shape index (κ2) is 7.38. The van der Waals surface area contributed by atoms with Gasteiger partial charge in [0.25, 0.3) is 0 Å². The lowest BCUT2D eigenvalue weighted by Crippen LogP contribution is -2.28. The molecule has 0 aromatic carbocycles. The molecule has 2 aliphatic heterocycles. The smallest absolute Gasteiger partial charge is 0.00680 e. The summed E-state index contributed by atoms with van der Waals surface area (Å²) < 4.78 is 0. The van der Waals surface area contributed by atoms with E-state index in [-0.39, 0.29) is 0 Å².